The van der Waals surface area contributed by atoms with E-state index < -0.39 is 0 Å². The summed E-state index contributed by atoms with van der Waals surface area (Å²) in [6.45, 7) is 0. The molecule has 0 unspecified atom stereocenters. The number of benzene rings is 2. The van der Waals surface area contributed by atoms with E-state index in [0.717, 1.165) is 0 Å². The van der Waals surface area contributed by atoms with Gasteiger partial charge in [-0.15, -0.1) is 0 Å². The third-order valence-corrected chi connectivity index (χ3v) is 5.28. The normalized spacial score (nSPS) is 19.7. The van der Waals surface area contributed by atoms with Crippen molar-refractivity contribution in [2.24, 2.45) is 0 Å². The minimum Gasteiger partial charge on any atom is -0.342 e. The van der Waals surface area contributed by atoms with Gasteiger partial charge in [0.2, 0.25) is 0 Å². The summed E-state index contributed by atoms with van der Waals surface area (Å²) in [5.41, 5.74) is 5.06. The predicted molar refractivity (Wildman–Crippen MR) is 91.6 cm³/mol. The molecular weight excluding hydrogens is 276 g/mol. The lowest BCUT2D eigenvalue weighted by atomic mass is 10.1. The van der Waals surface area contributed by atoms with Gasteiger partial charge in [0, 0.05) is 24.7 Å². The number of fused-ring (bicyclic) bond motifs is 2. The number of likely N-dealkylation sites (N-methyl/N-ethyl adjacent to an activating group) is 1. The van der Waals surface area contributed by atoms with Crippen molar-refractivity contribution in [1.82, 2.24) is 0 Å². The van der Waals surface area contributed by atoms with E-state index in [9.17, 15) is 0 Å². The Morgan fingerprint density at radius 1 is 0.762 bits per heavy atom. The van der Waals surface area contributed by atoms with Crippen LogP contribution < -0.4 is 9.80 Å². The van der Waals surface area contributed by atoms with Crippen molar-refractivity contribution in [1.29, 1.82) is 0 Å². The van der Waals surface area contributed by atoms with Gasteiger partial charge in [-0.3, -0.25) is 0 Å². The van der Waals surface area contributed by atoms with Crippen molar-refractivity contribution in [3.8, 4) is 0 Å². The van der Waals surface area contributed by atoms with Crippen LogP contribution >= 0.6 is 11.8 Å². The Morgan fingerprint density at radius 2 is 1.48 bits per heavy atom. The molecule has 2 aliphatic rings. The molecule has 4 rings (SSSR count). The third-order valence-electron chi connectivity index (χ3n) is 4.04. The summed E-state index contributed by atoms with van der Waals surface area (Å²) >= 11 is 1.84. The summed E-state index contributed by atoms with van der Waals surface area (Å²) in [7, 11) is 4.28. The van der Waals surface area contributed by atoms with Crippen LogP contribution in [0.4, 0.5) is 11.4 Å². The van der Waals surface area contributed by atoms with Gasteiger partial charge in [0.05, 0.1) is 11.4 Å². The monoisotopic (exact) mass is 292 g/mol. The second-order valence-corrected chi connectivity index (χ2v) is 6.30. The SMILES string of the molecule is CN1C(=C2Sc3ccccc3N2C)C=Cc2ccccc21. The van der Waals surface area contributed by atoms with Crippen LogP contribution in [0.3, 0.4) is 0 Å². The molecule has 3 heteroatoms. The average Bonchev–Trinajstić information content (AvgIpc) is 2.85. The largest absolute Gasteiger partial charge is 0.342 e. The fourth-order valence-electron chi connectivity index (χ4n) is 2.89. The molecule has 0 spiro atoms. The molecule has 0 atom stereocenters. The van der Waals surface area contributed by atoms with Gasteiger partial charge in [0.1, 0.15) is 5.03 Å². The van der Waals surface area contributed by atoms with Crippen LogP contribution in [0.25, 0.3) is 6.08 Å². The molecule has 0 N–H and O–H groups in total. The number of allylic oxidation sites excluding steroid dienone is 1. The predicted octanol–water partition coefficient (Wildman–Crippen LogP) is 4.56. The Hall–Kier alpha value is -2.13. The first-order valence-electron chi connectivity index (χ1n) is 7.01. The molecule has 2 nitrogen and oxygen atoms in total. The number of anilines is 2. The van der Waals surface area contributed by atoms with E-state index in [1.807, 2.05) is 11.8 Å². The molecule has 2 aliphatic heterocycles. The van der Waals surface area contributed by atoms with E-state index in [0.29, 0.717) is 0 Å². The fraction of sp³-hybridized carbons (Fsp3) is 0.111. The Morgan fingerprint density at radius 3 is 2.29 bits per heavy atom. The van der Waals surface area contributed by atoms with Crippen molar-refractivity contribution < 1.29 is 0 Å². The maximum Gasteiger partial charge on any atom is 0.104 e. The zero-order valence-corrected chi connectivity index (χ0v) is 12.9. The Balaban J connectivity index is 1.82. The zero-order chi connectivity index (χ0) is 14.4. The molecule has 0 radical (unpaired) electrons. The van der Waals surface area contributed by atoms with Gasteiger partial charge < -0.3 is 9.80 Å². The quantitative estimate of drug-likeness (QED) is 0.703. The average molecular weight is 292 g/mol. The summed E-state index contributed by atoms with van der Waals surface area (Å²) in [6, 6.07) is 17.1. The molecule has 2 aromatic rings. The molecule has 0 saturated carbocycles. The Kier molecular flexibility index (Phi) is 2.82. The summed E-state index contributed by atoms with van der Waals surface area (Å²) in [5.74, 6) is 0. The first kappa shape index (κ1) is 12.6. The minimum atomic E-state index is 1.25. The molecule has 2 heterocycles. The highest BCUT2D eigenvalue weighted by Crippen LogP contribution is 2.47. The number of nitrogens with zero attached hydrogens (tertiary/aromatic N) is 2. The van der Waals surface area contributed by atoms with Gasteiger partial charge in [-0.05, 0) is 29.8 Å². The molecule has 0 amide bonds. The maximum absolute atomic E-state index is 2.28. The van der Waals surface area contributed by atoms with Gasteiger partial charge >= 0.3 is 0 Å². The fourth-order valence-corrected chi connectivity index (χ4v) is 4.09. The smallest absolute Gasteiger partial charge is 0.104 e. The Labute approximate surface area is 129 Å². The van der Waals surface area contributed by atoms with Crippen molar-refractivity contribution in [3.05, 3.63) is 70.9 Å². The summed E-state index contributed by atoms with van der Waals surface area (Å²) < 4.78 is 0. The highest BCUT2D eigenvalue weighted by Gasteiger charge is 2.27. The number of hydrogen-bond acceptors (Lipinski definition) is 3. The standard InChI is InChI=1S/C18H16N2S/c1-19-14-8-4-3-7-13(14)11-12-16(19)18-20(2)15-9-5-6-10-17(15)21-18/h3-12H,1-2H3. The van der Waals surface area contributed by atoms with Gasteiger partial charge in [-0.25, -0.2) is 0 Å². The van der Waals surface area contributed by atoms with Gasteiger partial charge in [0.15, 0.2) is 0 Å². The summed E-state index contributed by atoms with van der Waals surface area (Å²) in [6.07, 6.45) is 4.42. The highest BCUT2D eigenvalue weighted by atomic mass is 32.2. The second kappa shape index (κ2) is 4.71. The molecule has 104 valence electrons. The molecule has 0 fully saturated rings. The molecule has 2 aromatic carbocycles. The van der Waals surface area contributed by atoms with Crippen molar-refractivity contribution >= 4 is 29.2 Å². The van der Waals surface area contributed by atoms with Gasteiger partial charge in [-0.1, -0.05) is 48.2 Å². The van der Waals surface area contributed by atoms with Crippen molar-refractivity contribution in [3.63, 3.8) is 0 Å². The van der Waals surface area contributed by atoms with Crippen LogP contribution in [0.15, 0.2) is 70.2 Å². The van der Waals surface area contributed by atoms with Crippen LogP contribution in [0.1, 0.15) is 5.56 Å². The zero-order valence-electron chi connectivity index (χ0n) is 12.1. The van der Waals surface area contributed by atoms with E-state index in [1.54, 1.807) is 0 Å². The maximum atomic E-state index is 2.28. The lowest BCUT2D eigenvalue weighted by Gasteiger charge is -2.29. The highest BCUT2D eigenvalue weighted by molar-refractivity contribution is 8.03. The van der Waals surface area contributed by atoms with E-state index in [1.165, 1.54) is 32.6 Å². The minimum absolute atomic E-state index is 1.25. The molecule has 21 heavy (non-hydrogen) atoms. The second-order valence-electron chi connectivity index (χ2n) is 5.27. The van der Waals surface area contributed by atoms with E-state index in [2.05, 4.69) is 84.6 Å². The van der Waals surface area contributed by atoms with Crippen molar-refractivity contribution in [2.45, 2.75) is 4.90 Å². The molecular formula is C18H16N2S. The van der Waals surface area contributed by atoms with Crippen LogP contribution in [0, 0.1) is 0 Å². The van der Waals surface area contributed by atoms with Crippen LogP contribution in [-0.2, 0) is 0 Å². The lowest BCUT2D eigenvalue weighted by Crippen LogP contribution is -2.23. The first-order chi connectivity index (χ1) is 10.3. The van der Waals surface area contributed by atoms with E-state index >= 15 is 0 Å². The van der Waals surface area contributed by atoms with Crippen LogP contribution in [0.5, 0.6) is 0 Å². The Bertz CT molecular complexity index is 776. The molecule has 0 aromatic heterocycles. The third kappa shape index (κ3) is 1.88. The van der Waals surface area contributed by atoms with E-state index in [4.69, 9.17) is 0 Å². The summed E-state index contributed by atoms with van der Waals surface area (Å²) in [5, 5.41) is 1.28. The van der Waals surface area contributed by atoms with Crippen molar-refractivity contribution in [2.75, 3.05) is 23.9 Å². The molecule has 0 bridgehead atoms. The lowest BCUT2D eigenvalue weighted by molar-refractivity contribution is 1.07. The van der Waals surface area contributed by atoms with Gasteiger partial charge in [-0.2, -0.15) is 0 Å². The molecule has 0 saturated heterocycles. The summed E-state index contributed by atoms with van der Waals surface area (Å²) in [4.78, 5) is 5.88. The topological polar surface area (TPSA) is 6.48 Å². The number of thioether (sulfide) groups is 1. The number of para-hydroxylation sites is 2. The van der Waals surface area contributed by atoms with Gasteiger partial charge in [0.25, 0.3) is 0 Å². The van der Waals surface area contributed by atoms with E-state index in [-0.39, 0.29) is 0 Å². The van der Waals surface area contributed by atoms with Crippen LogP contribution in [-0.4, -0.2) is 14.1 Å². The molecule has 0 aliphatic carbocycles. The number of rotatable bonds is 0. The van der Waals surface area contributed by atoms with Crippen LogP contribution in [0.2, 0.25) is 0 Å². The first-order valence-corrected chi connectivity index (χ1v) is 7.83. The number of hydrogen-bond donors (Lipinski definition) is 0.